The Kier molecular flexibility index (Phi) is 10.9. The van der Waals surface area contributed by atoms with Crippen molar-refractivity contribution in [1.29, 1.82) is 0 Å². The molecule has 2 aliphatic heterocycles. The summed E-state index contributed by atoms with van der Waals surface area (Å²) in [6.07, 6.45) is -8.15. The molecule has 4 rings (SSSR count). The number of halogens is 3. The number of carbonyl (C=O) groups is 1. The van der Waals surface area contributed by atoms with Gasteiger partial charge in [0.05, 0.1) is 24.8 Å². The summed E-state index contributed by atoms with van der Waals surface area (Å²) in [5, 5.41) is 8.50. The number of anilines is 1. The number of nitrogens with one attached hydrogen (secondary N) is 2. The summed E-state index contributed by atoms with van der Waals surface area (Å²) in [5.41, 5.74) is 8.38. The van der Waals surface area contributed by atoms with Crippen LogP contribution >= 0.6 is 0 Å². The lowest BCUT2D eigenvalue weighted by molar-refractivity contribution is -0.146. The van der Waals surface area contributed by atoms with Gasteiger partial charge in [-0.2, -0.15) is 18.2 Å². The van der Waals surface area contributed by atoms with Crippen LogP contribution in [0.5, 0.6) is 0 Å². The summed E-state index contributed by atoms with van der Waals surface area (Å²) in [6.45, 7) is 10.2. The second-order valence-corrected chi connectivity index (χ2v) is 17.0. The average molecular weight is 664 g/mol. The number of rotatable bonds is 11. The maximum absolute atomic E-state index is 13.3. The Morgan fingerprint density at radius 3 is 2.59 bits per heavy atom. The van der Waals surface area contributed by atoms with Crippen LogP contribution in [-0.4, -0.2) is 74.4 Å². The summed E-state index contributed by atoms with van der Waals surface area (Å²) < 4.78 is 62.5. The molecule has 0 radical (unpaired) electrons. The number of nitrogens with zero attached hydrogens (tertiary/aromatic N) is 5. The number of benzene rings is 1. The summed E-state index contributed by atoms with van der Waals surface area (Å²) >= 11 is 0. The first-order chi connectivity index (χ1) is 21.6. The number of alkyl halides is 3. The highest BCUT2D eigenvalue weighted by Crippen LogP contribution is 2.38. The molecular formula is C29H36F3N7O6Si. The first-order valence-electron chi connectivity index (χ1n) is 14.5. The van der Waals surface area contributed by atoms with Crippen molar-refractivity contribution in [1.82, 2.24) is 14.9 Å². The van der Waals surface area contributed by atoms with Crippen molar-refractivity contribution in [3.8, 4) is 11.8 Å². The highest BCUT2D eigenvalue weighted by Gasteiger charge is 2.58. The molecule has 248 valence electrons. The molecule has 1 aromatic heterocycles. The summed E-state index contributed by atoms with van der Waals surface area (Å²) in [5.74, 6) is 4.79. The molecule has 2 aliphatic rings. The summed E-state index contributed by atoms with van der Waals surface area (Å²) in [6, 6.07) is 8.23. The van der Waals surface area contributed by atoms with Crippen molar-refractivity contribution < 1.29 is 36.6 Å². The number of aromatic nitrogens is 2. The molecule has 17 heteroatoms. The summed E-state index contributed by atoms with van der Waals surface area (Å²) in [7, 11) is -2.18. The van der Waals surface area contributed by atoms with E-state index in [2.05, 4.69) is 76.1 Å². The fraction of sp³-hybridized carbons (Fsp3) is 0.552. The molecule has 0 saturated carbocycles. The van der Waals surface area contributed by atoms with Crippen LogP contribution in [0.25, 0.3) is 10.4 Å². The molecule has 3 heterocycles. The van der Waals surface area contributed by atoms with E-state index in [-0.39, 0.29) is 42.7 Å². The fourth-order valence-corrected chi connectivity index (χ4v) is 5.31. The van der Waals surface area contributed by atoms with Gasteiger partial charge in [0, 0.05) is 23.1 Å². The maximum atomic E-state index is 13.3. The second kappa shape index (κ2) is 14.3. The highest BCUT2D eigenvalue weighted by molar-refractivity contribution is 6.74. The Labute approximate surface area is 264 Å². The molecule has 1 amide bonds. The molecule has 46 heavy (non-hydrogen) atoms. The van der Waals surface area contributed by atoms with Crippen molar-refractivity contribution >= 4 is 20.0 Å². The zero-order chi connectivity index (χ0) is 33.7. The maximum Gasteiger partial charge on any atom is 0.418 e. The molecule has 5 atom stereocenters. The van der Waals surface area contributed by atoms with Gasteiger partial charge in [0.25, 0.3) is 5.91 Å². The van der Waals surface area contributed by atoms with E-state index in [9.17, 15) is 22.8 Å². The van der Waals surface area contributed by atoms with Gasteiger partial charge < -0.3 is 24.0 Å². The van der Waals surface area contributed by atoms with Crippen LogP contribution in [0.2, 0.25) is 18.1 Å². The Bertz CT molecular complexity index is 1570. The van der Waals surface area contributed by atoms with E-state index >= 15 is 0 Å². The largest absolute Gasteiger partial charge is 0.418 e. The van der Waals surface area contributed by atoms with Crippen molar-refractivity contribution in [2.24, 2.45) is 5.11 Å². The second-order valence-electron chi connectivity index (χ2n) is 12.2. The molecular weight excluding hydrogens is 627 g/mol. The van der Waals surface area contributed by atoms with E-state index in [0.717, 1.165) is 0 Å². The van der Waals surface area contributed by atoms with Gasteiger partial charge in [-0.1, -0.05) is 55.9 Å². The Morgan fingerprint density at radius 1 is 1.24 bits per heavy atom. The zero-order valence-electron chi connectivity index (χ0n) is 26.0. The third-order valence-corrected chi connectivity index (χ3v) is 12.5. The molecule has 5 unspecified atom stereocenters. The van der Waals surface area contributed by atoms with Crippen LogP contribution in [0.1, 0.15) is 49.3 Å². The van der Waals surface area contributed by atoms with Gasteiger partial charge in [0.2, 0.25) is 0 Å². The third kappa shape index (κ3) is 8.95. The van der Waals surface area contributed by atoms with Crippen molar-refractivity contribution in [2.45, 2.75) is 82.3 Å². The van der Waals surface area contributed by atoms with E-state index < -0.39 is 56.9 Å². The summed E-state index contributed by atoms with van der Waals surface area (Å²) in [4.78, 5) is 32.9. The molecule has 13 nitrogen and oxygen atoms in total. The molecule has 0 spiro atoms. The highest BCUT2D eigenvalue weighted by atomic mass is 28.4. The number of amides is 1. The number of epoxide rings is 1. The quantitative estimate of drug-likeness (QED) is 0.0873. The molecule has 2 aromatic rings. The van der Waals surface area contributed by atoms with Crippen LogP contribution in [0.4, 0.5) is 19.0 Å². The first kappa shape index (κ1) is 35.1. The van der Waals surface area contributed by atoms with Gasteiger partial charge >= 0.3 is 11.9 Å². The average Bonchev–Trinajstić information content (AvgIpc) is 3.67. The van der Waals surface area contributed by atoms with E-state index in [1.807, 2.05) is 0 Å². The minimum atomic E-state index is -4.49. The van der Waals surface area contributed by atoms with Gasteiger partial charge in [0.15, 0.2) is 20.2 Å². The van der Waals surface area contributed by atoms with E-state index in [1.54, 1.807) is 30.3 Å². The minimum Gasteiger partial charge on any atom is -0.414 e. The van der Waals surface area contributed by atoms with Crippen molar-refractivity contribution in [2.75, 3.05) is 25.2 Å². The Hall–Kier alpha value is -3.75. The van der Waals surface area contributed by atoms with Gasteiger partial charge in [-0.3, -0.25) is 14.7 Å². The van der Waals surface area contributed by atoms with E-state index in [0.29, 0.717) is 5.56 Å². The lowest BCUT2D eigenvalue weighted by Gasteiger charge is -2.37. The van der Waals surface area contributed by atoms with Gasteiger partial charge in [0.1, 0.15) is 25.3 Å². The number of hydrogen-bond donors (Lipinski definition) is 2. The normalized spacial score (nSPS) is 22.8. The molecule has 0 aliphatic carbocycles. The number of hydrogen-bond acceptors (Lipinski definition) is 9. The molecule has 2 fully saturated rings. The first-order valence-corrected chi connectivity index (χ1v) is 17.4. The van der Waals surface area contributed by atoms with Crippen LogP contribution in [0.15, 0.2) is 46.4 Å². The predicted molar refractivity (Wildman–Crippen MR) is 163 cm³/mol. The lowest BCUT2D eigenvalue weighted by Crippen LogP contribution is -2.44. The van der Waals surface area contributed by atoms with Gasteiger partial charge in [-0.05, 0) is 35.8 Å². The van der Waals surface area contributed by atoms with Crippen LogP contribution in [0, 0.1) is 11.8 Å². The fourth-order valence-electron chi connectivity index (χ4n) is 4.30. The molecule has 1 aromatic carbocycles. The Morgan fingerprint density at radius 2 is 1.96 bits per heavy atom. The number of carbonyl (C=O) groups excluding carboxylic acids is 1. The molecule has 0 bridgehead atoms. The number of azide groups is 1. The van der Waals surface area contributed by atoms with Crippen LogP contribution in [0.3, 0.4) is 0 Å². The van der Waals surface area contributed by atoms with Gasteiger partial charge in [-0.25, -0.2) is 4.79 Å². The third-order valence-electron chi connectivity index (χ3n) is 7.96. The predicted octanol–water partition coefficient (Wildman–Crippen LogP) is 4.69. The van der Waals surface area contributed by atoms with E-state index in [4.69, 9.17) is 19.4 Å². The standard InChI is InChI=1S/C29H36F3N7O6Si/c1-28(2,3)46(4,5)43-16-21-20(42-17-35-38-33)14-22(44-21)39-15-19(12-9-13-34-26-23(45-26)29(30,31)32)24(37-27(39)41)36-25(40)18-10-7-6-8-11-18/h6-8,10-11,15,20-23,26,34H,13-14,16-17H2,1-5H3,(H,36,37,40,41). The smallest absolute Gasteiger partial charge is 0.414 e. The topological polar surface area (TPSA) is 165 Å². The molecule has 2 saturated heterocycles. The van der Waals surface area contributed by atoms with E-state index in [1.165, 1.54) is 10.8 Å². The number of ether oxygens (including phenoxy) is 3. The molecule has 2 N–H and O–H groups in total. The zero-order valence-corrected chi connectivity index (χ0v) is 27.0. The van der Waals surface area contributed by atoms with Crippen molar-refractivity contribution in [3.63, 3.8) is 0 Å². The minimum absolute atomic E-state index is 0.0744. The monoisotopic (exact) mass is 663 g/mol. The van der Waals surface area contributed by atoms with Crippen molar-refractivity contribution in [3.05, 3.63) is 68.6 Å². The Balaban J connectivity index is 1.59. The SMILES string of the molecule is CC(C)(C)[Si](C)(C)OCC1OC(n2cc(C#CCNC3OC3C(F)(F)F)c(NC(=O)c3ccccc3)nc2=O)CC1OCN=[N+]=[N-]. The van der Waals surface area contributed by atoms with Crippen LogP contribution < -0.4 is 16.3 Å². The van der Waals surface area contributed by atoms with Gasteiger partial charge in [-0.15, -0.1) is 0 Å². The van der Waals surface area contributed by atoms with Crippen LogP contribution in [-0.2, 0) is 18.6 Å². The lowest BCUT2D eigenvalue weighted by atomic mass is 10.2.